The van der Waals surface area contributed by atoms with Crippen LogP contribution in [0.15, 0.2) is 66.9 Å². The van der Waals surface area contributed by atoms with Crippen LogP contribution in [0.4, 0.5) is 13.2 Å². The molecule has 0 bridgehead atoms. The SMILES string of the molecule is CC(C)(C)c1cc2c3ccccc3c3ccnc4c5ccc(C(F)(F)F)cc5c(c1)c2c34. The van der Waals surface area contributed by atoms with Gasteiger partial charge < -0.3 is 0 Å². The lowest BCUT2D eigenvalue weighted by Gasteiger charge is -2.23. The van der Waals surface area contributed by atoms with E-state index >= 15 is 0 Å². The molecule has 0 radical (unpaired) electrons. The van der Waals surface area contributed by atoms with Gasteiger partial charge in [-0.05, 0) is 73.6 Å². The number of pyridine rings is 1. The van der Waals surface area contributed by atoms with Crippen LogP contribution in [0, 0.1) is 0 Å². The van der Waals surface area contributed by atoms with Crippen molar-refractivity contribution >= 4 is 54.0 Å². The number of aromatic nitrogens is 1. The molecule has 1 heterocycles. The number of nitrogens with zero attached hydrogens (tertiary/aromatic N) is 1. The van der Waals surface area contributed by atoms with Crippen molar-refractivity contribution in [2.24, 2.45) is 0 Å². The molecule has 0 aliphatic rings. The van der Waals surface area contributed by atoms with Crippen molar-refractivity contribution in [3.63, 3.8) is 0 Å². The van der Waals surface area contributed by atoms with E-state index in [9.17, 15) is 13.2 Å². The van der Waals surface area contributed by atoms with Crippen molar-refractivity contribution in [1.82, 2.24) is 4.98 Å². The summed E-state index contributed by atoms with van der Waals surface area (Å²) in [6.45, 7) is 6.40. The Kier molecular flexibility index (Phi) is 3.68. The van der Waals surface area contributed by atoms with Crippen LogP contribution < -0.4 is 0 Å². The largest absolute Gasteiger partial charge is 0.416 e. The van der Waals surface area contributed by atoms with Gasteiger partial charge >= 0.3 is 6.18 Å². The molecule has 4 heteroatoms. The molecule has 0 unspecified atom stereocenters. The number of benzene rings is 5. The van der Waals surface area contributed by atoms with Gasteiger partial charge in [-0.1, -0.05) is 51.1 Å². The Balaban J connectivity index is 1.99. The van der Waals surface area contributed by atoms with E-state index < -0.39 is 11.7 Å². The molecule has 0 amide bonds. The predicted molar refractivity (Wildman–Crippen MR) is 127 cm³/mol. The molecule has 0 fully saturated rings. The van der Waals surface area contributed by atoms with Crippen molar-refractivity contribution in [3.05, 3.63) is 78.0 Å². The van der Waals surface area contributed by atoms with Crippen LogP contribution in [0.3, 0.4) is 0 Å². The standard InChI is InChI=1S/C28H20F3N/c1-27(2,3)16-13-22-18-7-5-4-6-17(18)19-10-11-32-26-20-9-8-15(28(29,30)31)12-21(20)23(14-16)24(22)25(19)26/h4-14H,1-3H3. The molecule has 6 aromatic rings. The van der Waals surface area contributed by atoms with Gasteiger partial charge in [-0.2, -0.15) is 13.2 Å². The first-order valence-corrected chi connectivity index (χ1v) is 10.6. The highest BCUT2D eigenvalue weighted by molar-refractivity contribution is 6.39. The minimum absolute atomic E-state index is 0.155. The Hall–Kier alpha value is -3.40. The number of hydrogen-bond acceptors (Lipinski definition) is 1. The summed E-state index contributed by atoms with van der Waals surface area (Å²) in [5, 5.41) is 8.58. The van der Waals surface area contributed by atoms with Crippen LogP contribution in [-0.4, -0.2) is 4.98 Å². The number of rotatable bonds is 0. The second kappa shape index (κ2) is 6.10. The first-order chi connectivity index (χ1) is 15.1. The topological polar surface area (TPSA) is 12.9 Å². The minimum atomic E-state index is -4.40. The van der Waals surface area contributed by atoms with Gasteiger partial charge in [-0.25, -0.2) is 0 Å². The molecule has 32 heavy (non-hydrogen) atoms. The van der Waals surface area contributed by atoms with Crippen molar-refractivity contribution in [3.8, 4) is 0 Å². The van der Waals surface area contributed by atoms with Gasteiger partial charge in [0, 0.05) is 22.4 Å². The molecule has 0 spiro atoms. The summed E-state index contributed by atoms with van der Waals surface area (Å²) in [4.78, 5) is 4.65. The van der Waals surface area contributed by atoms with Gasteiger partial charge in [0.2, 0.25) is 0 Å². The molecule has 0 saturated carbocycles. The fraction of sp³-hybridized carbons (Fsp3) is 0.179. The Labute approximate surface area is 182 Å². The van der Waals surface area contributed by atoms with Gasteiger partial charge in [0.1, 0.15) is 0 Å². The summed E-state index contributed by atoms with van der Waals surface area (Å²) in [5.41, 5.74) is 1.05. The number of hydrogen-bond donors (Lipinski definition) is 0. The second-order valence-corrected chi connectivity index (χ2v) is 9.58. The number of halogens is 3. The summed E-state index contributed by atoms with van der Waals surface area (Å²) in [5.74, 6) is 0. The molecular formula is C28H20F3N. The summed E-state index contributed by atoms with van der Waals surface area (Å²) >= 11 is 0. The van der Waals surface area contributed by atoms with Gasteiger partial charge in [0.15, 0.2) is 0 Å². The molecule has 0 aliphatic carbocycles. The lowest BCUT2D eigenvalue weighted by Crippen LogP contribution is -2.11. The Bertz CT molecular complexity index is 1690. The van der Waals surface area contributed by atoms with Crippen molar-refractivity contribution in [2.75, 3.05) is 0 Å². The summed E-state index contributed by atoms with van der Waals surface area (Å²) in [6.07, 6.45) is -2.65. The zero-order valence-corrected chi connectivity index (χ0v) is 17.9. The van der Waals surface area contributed by atoms with Crippen molar-refractivity contribution in [1.29, 1.82) is 0 Å². The summed E-state index contributed by atoms with van der Waals surface area (Å²) in [6, 6.07) is 18.6. The maximum Gasteiger partial charge on any atom is 0.416 e. The molecule has 158 valence electrons. The van der Waals surface area contributed by atoms with Gasteiger partial charge in [0.25, 0.3) is 0 Å². The molecule has 1 nitrogen and oxygen atoms in total. The lowest BCUT2D eigenvalue weighted by molar-refractivity contribution is -0.137. The van der Waals surface area contributed by atoms with Crippen LogP contribution in [-0.2, 0) is 11.6 Å². The number of fused-ring (bicyclic) bond motifs is 6. The maximum absolute atomic E-state index is 13.6. The highest BCUT2D eigenvalue weighted by Crippen LogP contribution is 2.46. The van der Waals surface area contributed by atoms with E-state index in [1.54, 1.807) is 12.3 Å². The van der Waals surface area contributed by atoms with E-state index in [1.165, 1.54) is 6.07 Å². The molecule has 6 rings (SSSR count). The van der Waals surface area contributed by atoms with E-state index in [2.05, 4.69) is 50.0 Å². The summed E-state index contributed by atoms with van der Waals surface area (Å²) in [7, 11) is 0. The normalized spacial score (nSPS) is 13.3. The quantitative estimate of drug-likeness (QED) is 0.175. The minimum Gasteiger partial charge on any atom is -0.256 e. The fourth-order valence-electron chi connectivity index (χ4n) is 5.02. The number of alkyl halides is 3. The van der Waals surface area contributed by atoms with Gasteiger partial charge in [0.05, 0.1) is 11.1 Å². The monoisotopic (exact) mass is 427 g/mol. The van der Waals surface area contributed by atoms with Crippen LogP contribution in [0.5, 0.6) is 0 Å². The molecular weight excluding hydrogens is 407 g/mol. The van der Waals surface area contributed by atoms with E-state index in [4.69, 9.17) is 0 Å². The first kappa shape index (κ1) is 19.3. The second-order valence-electron chi connectivity index (χ2n) is 9.58. The highest BCUT2D eigenvalue weighted by Gasteiger charge is 2.31. The molecule has 1 aromatic heterocycles. The Morgan fingerprint density at radius 1 is 0.594 bits per heavy atom. The zero-order chi connectivity index (χ0) is 22.4. The molecule has 0 N–H and O–H groups in total. The van der Waals surface area contributed by atoms with E-state index in [1.807, 2.05) is 18.2 Å². The maximum atomic E-state index is 13.6. The van der Waals surface area contributed by atoms with E-state index in [-0.39, 0.29) is 5.41 Å². The molecule has 0 saturated heterocycles. The Morgan fingerprint density at radius 3 is 1.88 bits per heavy atom. The third kappa shape index (κ3) is 2.56. The van der Waals surface area contributed by atoms with Gasteiger partial charge in [-0.3, -0.25) is 4.98 Å². The highest BCUT2D eigenvalue weighted by atomic mass is 19.4. The smallest absolute Gasteiger partial charge is 0.256 e. The third-order valence-corrected chi connectivity index (χ3v) is 6.60. The van der Waals surface area contributed by atoms with E-state index in [0.717, 1.165) is 60.2 Å². The first-order valence-electron chi connectivity index (χ1n) is 10.6. The fourth-order valence-corrected chi connectivity index (χ4v) is 5.02. The van der Waals surface area contributed by atoms with Crippen molar-refractivity contribution in [2.45, 2.75) is 32.4 Å². The molecule has 5 aromatic carbocycles. The van der Waals surface area contributed by atoms with Gasteiger partial charge in [-0.15, -0.1) is 0 Å². The summed E-state index contributed by atoms with van der Waals surface area (Å²) < 4.78 is 40.9. The Morgan fingerprint density at radius 2 is 1.22 bits per heavy atom. The van der Waals surface area contributed by atoms with Crippen LogP contribution in [0.2, 0.25) is 0 Å². The molecule has 0 aliphatic heterocycles. The predicted octanol–water partition coefficient (Wildman–Crippen LogP) is 8.60. The van der Waals surface area contributed by atoms with Crippen LogP contribution in [0.25, 0.3) is 54.0 Å². The lowest BCUT2D eigenvalue weighted by atomic mass is 9.81. The van der Waals surface area contributed by atoms with Crippen LogP contribution >= 0.6 is 0 Å². The zero-order valence-electron chi connectivity index (χ0n) is 17.9. The molecule has 0 atom stereocenters. The van der Waals surface area contributed by atoms with Crippen LogP contribution in [0.1, 0.15) is 31.9 Å². The average molecular weight is 427 g/mol. The third-order valence-electron chi connectivity index (χ3n) is 6.60. The average Bonchev–Trinajstić information content (AvgIpc) is 2.76. The van der Waals surface area contributed by atoms with Crippen molar-refractivity contribution < 1.29 is 13.2 Å². The van der Waals surface area contributed by atoms with E-state index in [0.29, 0.717) is 5.39 Å².